The quantitative estimate of drug-likeness (QED) is 0.766. The summed E-state index contributed by atoms with van der Waals surface area (Å²) in [6.45, 7) is -1.37. The molecule has 1 aliphatic heterocycles. The molecular formula is C17H16ClF5N2O2. The molecule has 1 aromatic heterocycles. The van der Waals surface area contributed by atoms with Crippen LogP contribution in [0.1, 0.15) is 26.3 Å². The van der Waals surface area contributed by atoms with Crippen molar-refractivity contribution in [2.75, 3.05) is 4.90 Å². The van der Waals surface area contributed by atoms with Gasteiger partial charge in [0.15, 0.2) is 6.10 Å². The minimum absolute atomic E-state index is 0.0754. The van der Waals surface area contributed by atoms with Crippen molar-refractivity contribution < 1.29 is 27.1 Å². The lowest BCUT2D eigenvalue weighted by atomic mass is 10.1. The molecule has 27 heavy (non-hydrogen) atoms. The predicted molar refractivity (Wildman–Crippen MR) is 91.5 cm³/mol. The van der Waals surface area contributed by atoms with E-state index in [0.717, 1.165) is 6.07 Å². The number of fused-ring (bicyclic) bond motifs is 1. The first-order chi connectivity index (χ1) is 12.5. The van der Waals surface area contributed by atoms with Crippen molar-refractivity contribution in [1.82, 2.24) is 4.57 Å². The monoisotopic (exact) mass is 410 g/mol. The molecule has 148 valence electrons. The molecule has 0 radical (unpaired) electrons. The van der Waals surface area contributed by atoms with E-state index < -0.39 is 30.4 Å². The van der Waals surface area contributed by atoms with Crippen molar-refractivity contribution in [2.45, 2.75) is 50.7 Å². The highest BCUT2D eigenvalue weighted by molar-refractivity contribution is 6.35. The Morgan fingerprint density at radius 3 is 2.48 bits per heavy atom. The van der Waals surface area contributed by atoms with Gasteiger partial charge in [-0.2, -0.15) is 22.0 Å². The van der Waals surface area contributed by atoms with Gasteiger partial charge in [0.1, 0.15) is 0 Å². The molecule has 1 saturated heterocycles. The number of aliphatic hydroxyl groups is 1. The normalized spacial score (nSPS) is 22.0. The van der Waals surface area contributed by atoms with E-state index in [2.05, 4.69) is 0 Å². The van der Waals surface area contributed by atoms with Crippen LogP contribution in [0.3, 0.4) is 0 Å². The van der Waals surface area contributed by atoms with Crippen LogP contribution in [0.4, 0.5) is 27.6 Å². The summed E-state index contributed by atoms with van der Waals surface area (Å²) >= 11 is 6.02. The highest BCUT2D eigenvalue weighted by Gasteiger charge is 2.48. The molecular weight excluding hydrogens is 395 g/mol. The van der Waals surface area contributed by atoms with E-state index in [9.17, 15) is 31.9 Å². The lowest BCUT2D eigenvalue weighted by molar-refractivity contribution is -0.209. The van der Waals surface area contributed by atoms with Crippen LogP contribution in [0.25, 0.3) is 10.9 Å². The molecule has 1 aromatic carbocycles. The summed E-state index contributed by atoms with van der Waals surface area (Å²) in [7, 11) is 0. The highest BCUT2D eigenvalue weighted by Crippen LogP contribution is 2.38. The van der Waals surface area contributed by atoms with Crippen molar-refractivity contribution >= 4 is 28.2 Å². The van der Waals surface area contributed by atoms with Crippen LogP contribution in [-0.2, 0) is 0 Å². The zero-order valence-electron chi connectivity index (χ0n) is 14.1. The van der Waals surface area contributed by atoms with Gasteiger partial charge in [-0.3, -0.25) is 9.36 Å². The first-order valence-electron chi connectivity index (χ1n) is 8.18. The number of rotatable bonds is 3. The number of benzene rings is 1. The van der Waals surface area contributed by atoms with Gasteiger partial charge in [-0.25, -0.2) is 0 Å². The average Bonchev–Trinajstić information content (AvgIpc) is 2.94. The number of halogens is 6. The Bertz CT molecular complexity index is 915. The van der Waals surface area contributed by atoms with Gasteiger partial charge in [0.2, 0.25) is 0 Å². The molecule has 1 fully saturated rings. The minimum Gasteiger partial charge on any atom is -0.382 e. The SMILES string of the molecule is C[C@@H]1CC[C@H]([C@H](O)C(F)(F)F)N1c1ccc2c(c1)c(Cl)cc(=O)n2C(F)F. The van der Waals surface area contributed by atoms with Gasteiger partial charge in [0.25, 0.3) is 5.56 Å². The van der Waals surface area contributed by atoms with Gasteiger partial charge in [0.05, 0.1) is 16.6 Å². The summed E-state index contributed by atoms with van der Waals surface area (Å²) < 4.78 is 65.7. The van der Waals surface area contributed by atoms with Crippen molar-refractivity contribution in [2.24, 2.45) is 0 Å². The first-order valence-corrected chi connectivity index (χ1v) is 8.56. The van der Waals surface area contributed by atoms with E-state index in [1.54, 1.807) is 6.92 Å². The van der Waals surface area contributed by atoms with Gasteiger partial charge >= 0.3 is 12.7 Å². The predicted octanol–water partition coefficient (Wildman–Crippen LogP) is 4.33. The third-order valence-corrected chi connectivity index (χ3v) is 5.20. The molecule has 2 aromatic rings. The molecule has 0 aliphatic carbocycles. The number of hydrogen-bond acceptors (Lipinski definition) is 3. The van der Waals surface area contributed by atoms with Gasteiger partial charge in [-0.1, -0.05) is 11.6 Å². The van der Waals surface area contributed by atoms with E-state index in [0.29, 0.717) is 12.1 Å². The number of aliphatic hydroxyl groups excluding tert-OH is 1. The van der Waals surface area contributed by atoms with Crippen molar-refractivity contribution in [3.8, 4) is 0 Å². The Hall–Kier alpha value is -1.87. The highest BCUT2D eigenvalue weighted by atomic mass is 35.5. The molecule has 0 amide bonds. The standard InChI is InChI=1S/C17H16ClF5N2O2/c1-8-2-4-13(15(27)17(21,22)23)24(8)9-3-5-12-10(6-9)11(18)7-14(26)25(12)16(19)20/h3,5-8,13,15-16,27H,2,4H2,1H3/t8-,13-,15+/m1/s1. The topological polar surface area (TPSA) is 45.5 Å². The van der Waals surface area contributed by atoms with Crippen molar-refractivity contribution in [3.63, 3.8) is 0 Å². The van der Waals surface area contributed by atoms with Crippen LogP contribution in [0.15, 0.2) is 29.1 Å². The number of aromatic nitrogens is 1. The second-order valence-electron chi connectivity index (χ2n) is 6.57. The average molecular weight is 411 g/mol. The molecule has 1 N–H and O–H groups in total. The minimum atomic E-state index is -4.78. The van der Waals surface area contributed by atoms with E-state index in [-0.39, 0.29) is 33.0 Å². The Morgan fingerprint density at radius 2 is 1.89 bits per heavy atom. The number of alkyl halides is 5. The van der Waals surface area contributed by atoms with Gasteiger partial charge in [0, 0.05) is 23.2 Å². The third kappa shape index (κ3) is 3.50. The summed E-state index contributed by atoms with van der Waals surface area (Å²) in [5.41, 5.74) is -0.789. The van der Waals surface area contributed by atoms with Crippen molar-refractivity contribution in [3.05, 3.63) is 39.6 Å². The molecule has 0 unspecified atom stereocenters. The zero-order valence-corrected chi connectivity index (χ0v) is 14.8. The fourth-order valence-corrected chi connectivity index (χ4v) is 3.90. The number of pyridine rings is 1. The third-order valence-electron chi connectivity index (χ3n) is 4.89. The Balaban J connectivity index is 2.12. The van der Waals surface area contributed by atoms with E-state index >= 15 is 0 Å². The number of hydrogen-bond donors (Lipinski definition) is 1. The van der Waals surface area contributed by atoms with Gasteiger partial charge in [-0.05, 0) is 38.0 Å². The second kappa shape index (κ2) is 6.94. The van der Waals surface area contributed by atoms with Crippen LogP contribution < -0.4 is 10.5 Å². The summed E-state index contributed by atoms with van der Waals surface area (Å²) in [4.78, 5) is 13.2. The lowest BCUT2D eigenvalue weighted by Gasteiger charge is -2.34. The molecule has 3 rings (SSSR count). The molecule has 3 atom stereocenters. The molecule has 0 spiro atoms. The van der Waals surface area contributed by atoms with Gasteiger partial charge in [-0.15, -0.1) is 0 Å². The Morgan fingerprint density at radius 1 is 1.22 bits per heavy atom. The summed E-state index contributed by atoms with van der Waals surface area (Å²) in [5, 5.41) is 9.76. The largest absolute Gasteiger partial charge is 0.416 e. The van der Waals surface area contributed by atoms with Crippen LogP contribution >= 0.6 is 11.6 Å². The Labute approximate surface area is 155 Å². The molecule has 0 bridgehead atoms. The maximum Gasteiger partial charge on any atom is 0.416 e. The number of anilines is 1. The molecule has 4 nitrogen and oxygen atoms in total. The molecule has 0 saturated carbocycles. The maximum atomic E-state index is 13.2. The summed E-state index contributed by atoms with van der Waals surface area (Å²) in [6.07, 6.45) is -6.76. The molecule has 1 aliphatic rings. The summed E-state index contributed by atoms with van der Waals surface area (Å²) in [5.74, 6) is 0. The van der Waals surface area contributed by atoms with E-state index in [1.165, 1.54) is 23.1 Å². The summed E-state index contributed by atoms with van der Waals surface area (Å²) in [6, 6.07) is 3.30. The maximum absolute atomic E-state index is 13.2. The van der Waals surface area contributed by atoms with Crippen LogP contribution in [0.5, 0.6) is 0 Å². The fourth-order valence-electron chi connectivity index (χ4n) is 3.65. The zero-order chi connectivity index (χ0) is 20.1. The fraction of sp³-hybridized carbons (Fsp3) is 0.471. The number of nitrogens with zero attached hydrogens (tertiary/aromatic N) is 2. The van der Waals surface area contributed by atoms with Gasteiger partial charge < -0.3 is 10.0 Å². The van der Waals surface area contributed by atoms with E-state index in [1.807, 2.05) is 0 Å². The molecule has 2 heterocycles. The van der Waals surface area contributed by atoms with Crippen LogP contribution in [0.2, 0.25) is 5.02 Å². The first kappa shape index (κ1) is 19.9. The van der Waals surface area contributed by atoms with Crippen LogP contribution in [-0.4, -0.2) is 34.0 Å². The van der Waals surface area contributed by atoms with Crippen molar-refractivity contribution in [1.29, 1.82) is 0 Å². The smallest absolute Gasteiger partial charge is 0.382 e. The van der Waals surface area contributed by atoms with Crippen LogP contribution in [0, 0.1) is 0 Å². The second-order valence-corrected chi connectivity index (χ2v) is 6.97. The molecule has 10 heteroatoms. The Kier molecular flexibility index (Phi) is 5.11. The lowest BCUT2D eigenvalue weighted by Crippen LogP contribution is -2.48. The van der Waals surface area contributed by atoms with E-state index in [4.69, 9.17) is 11.6 Å².